The number of rotatable bonds is 8. The van der Waals surface area contributed by atoms with Gasteiger partial charge in [0.2, 0.25) is 5.91 Å². The van der Waals surface area contributed by atoms with Crippen LogP contribution in [0.5, 0.6) is 0 Å². The summed E-state index contributed by atoms with van der Waals surface area (Å²) in [5, 5.41) is 9.35. The summed E-state index contributed by atoms with van der Waals surface area (Å²) in [6.07, 6.45) is 10.8. The Morgan fingerprint density at radius 1 is 0.824 bits per heavy atom. The van der Waals surface area contributed by atoms with Crippen LogP contribution in [0.15, 0.2) is 12.2 Å². The number of fused-ring (bicyclic) bond motifs is 7. The van der Waals surface area contributed by atoms with E-state index in [1.165, 1.54) is 24.8 Å². The van der Waals surface area contributed by atoms with Gasteiger partial charge < -0.3 is 14.7 Å². The van der Waals surface area contributed by atoms with Crippen molar-refractivity contribution in [3.8, 4) is 0 Å². The van der Waals surface area contributed by atoms with E-state index in [9.17, 15) is 19.5 Å². The monoisotopic (exact) mass is 709 g/mol. The molecule has 7 heteroatoms. The van der Waals surface area contributed by atoms with Gasteiger partial charge in [-0.1, -0.05) is 60.6 Å². The number of allylic oxidation sites excluding steroid dienone is 1. The van der Waals surface area contributed by atoms with Crippen molar-refractivity contribution in [2.45, 2.75) is 158 Å². The van der Waals surface area contributed by atoms with E-state index >= 15 is 0 Å². The third-order valence-electron chi connectivity index (χ3n) is 17.3. The molecule has 6 fully saturated rings. The molecular weight excluding hydrogens is 636 g/mol. The second kappa shape index (κ2) is 13.1. The number of ether oxygens (including phenoxy) is 1. The van der Waals surface area contributed by atoms with Gasteiger partial charge in [0.1, 0.15) is 6.10 Å². The van der Waals surface area contributed by atoms with Gasteiger partial charge in [-0.05, 0) is 136 Å². The number of hydrogen-bond acceptors (Lipinski definition) is 5. The highest BCUT2D eigenvalue weighted by molar-refractivity contribution is 5.84. The van der Waals surface area contributed by atoms with Crippen LogP contribution in [0.2, 0.25) is 0 Å². The zero-order chi connectivity index (χ0) is 37.5. The fraction of sp³-hybridized carbons (Fsp3) is 0.886. The average Bonchev–Trinajstić information content (AvgIpc) is 3.43. The second-order valence-corrected chi connectivity index (χ2v) is 21.0. The normalized spacial score (nSPS) is 42.3. The van der Waals surface area contributed by atoms with Crippen LogP contribution in [0.1, 0.15) is 146 Å². The molecule has 288 valence electrons. The predicted octanol–water partition coefficient (Wildman–Crippen LogP) is 9.00. The summed E-state index contributed by atoms with van der Waals surface area (Å²) >= 11 is 0. The van der Waals surface area contributed by atoms with E-state index in [4.69, 9.17) is 4.74 Å². The summed E-state index contributed by atoms with van der Waals surface area (Å²) < 4.78 is 6.29. The Morgan fingerprint density at radius 2 is 1.49 bits per heavy atom. The third kappa shape index (κ3) is 6.14. The summed E-state index contributed by atoms with van der Waals surface area (Å²) in [6.45, 7) is 31.2. The van der Waals surface area contributed by atoms with Crippen LogP contribution in [-0.4, -0.2) is 71.1 Å². The van der Waals surface area contributed by atoms with Gasteiger partial charge in [0.05, 0.1) is 18.3 Å². The first-order valence-electron chi connectivity index (χ1n) is 20.7. The second-order valence-electron chi connectivity index (χ2n) is 21.0. The fourth-order valence-corrected chi connectivity index (χ4v) is 14.5. The van der Waals surface area contributed by atoms with Crippen LogP contribution in [0, 0.1) is 62.1 Å². The molecule has 0 spiro atoms. The lowest BCUT2D eigenvalue weighted by atomic mass is 9.32. The maximum Gasteiger partial charge on any atom is 0.306 e. The number of nitrogens with zero attached hydrogens (tertiary/aromatic N) is 2. The molecule has 5 aliphatic carbocycles. The largest absolute Gasteiger partial charge is 0.481 e. The Kier molecular flexibility index (Phi) is 10.0. The molecule has 0 aromatic carbocycles. The van der Waals surface area contributed by atoms with Crippen LogP contribution in [0.3, 0.4) is 0 Å². The van der Waals surface area contributed by atoms with E-state index in [1.54, 1.807) is 0 Å². The summed E-state index contributed by atoms with van der Waals surface area (Å²) in [5.74, 6) is 1.69. The Hall–Kier alpha value is -1.89. The fourth-order valence-electron chi connectivity index (χ4n) is 14.5. The van der Waals surface area contributed by atoms with Crippen LogP contribution in [-0.2, 0) is 19.1 Å². The average molecular weight is 709 g/mol. The quantitative estimate of drug-likeness (QED) is 0.200. The van der Waals surface area contributed by atoms with Gasteiger partial charge in [0.25, 0.3) is 0 Å². The van der Waals surface area contributed by atoms with Gasteiger partial charge in [-0.3, -0.25) is 19.3 Å². The van der Waals surface area contributed by atoms with Crippen molar-refractivity contribution >= 4 is 17.8 Å². The van der Waals surface area contributed by atoms with Crippen molar-refractivity contribution in [3.63, 3.8) is 0 Å². The highest BCUT2D eigenvalue weighted by Crippen LogP contribution is 2.77. The molecule has 1 heterocycles. The van der Waals surface area contributed by atoms with Crippen LogP contribution < -0.4 is 0 Å². The lowest BCUT2D eigenvalue weighted by Gasteiger charge is -2.73. The number of carboxylic acid groups (broad SMARTS) is 1. The number of amides is 1. The van der Waals surface area contributed by atoms with E-state index in [2.05, 4.69) is 71.8 Å². The highest BCUT2D eigenvalue weighted by Gasteiger charge is 2.72. The minimum atomic E-state index is -0.881. The maximum atomic E-state index is 14.9. The van der Waals surface area contributed by atoms with Crippen molar-refractivity contribution in [3.05, 3.63) is 12.2 Å². The van der Waals surface area contributed by atoms with Gasteiger partial charge in [0, 0.05) is 37.6 Å². The Balaban J connectivity index is 1.24. The summed E-state index contributed by atoms with van der Waals surface area (Å²) in [4.78, 5) is 44.3. The number of esters is 1. The lowest BCUT2D eigenvalue weighted by molar-refractivity contribution is -0.250. The maximum absolute atomic E-state index is 14.9. The molecule has 1 aliphatic heterocycles. The van der Waals surface area contributed by atoms with Gasteiger partial charge in [-0.25, -0.2) is 0 Å². The lowest BCUT2D eigenvalue weighted by Crippen LogP contribution is -2.68. The SMILES string of the molecule is C=C(C)[C@@H]1CC[C@]2(C(=O)N3CCN(C(C)C)CC3)CC[C@]3(C)[C@H](CC[C@@H]4[C@@]5(C)CC[C@H](OC(=O)CC(C)(C)CC(=O)O)C(C)(C)[C@@H]5CC[C@]43C)[C@@H]12. The first-order chi connectivity index (χ1) is 23.6. The summed E-state index contributed by atoms with van der Waals surface area (Å²) in [6, 6.07) is 0.522. The number of hydrogen-bond donors (Lipinski definition) is 1. The van der Waals surface area contributed by atoms with Crippen LogP contribution in [0.4, 0.5) is 0 Å². The van der Waals surface area contributed by atoms with E-state index in [-0.39, 0.29) is 52.0 Å². The number of carboxylic acids is 1. The number of carbonyl (C=O) groups excluding carboxylic acids is 2. The van der Waals surface area contributed by atoms with Crippen molar-refractivity contribution in [1.29, 1.82) is 0 Å². The topological polar surface area (TPSA) is 87.2 Å². The molecule has 0 aromatic rings. The van der Waals surface area contributed by atoms with Gasteiger partial charge in [-0.2, -0.15) is 0 Å². The molecule has 1 amide bonds. The molecule has 0 radical (unpaired) electrons. The molecule has 7 nitrogen and oxygen atoms in total. The molecule has 0 aromatic heterocycles. The Morgan fingerprint density at radius 3 is 2.10 bits per heavy atom. The molecule has 6 rings (SSSR count). The standard InChI is InChI=1S/C44H72N2O5/c1-28(2)30-14-19-44(38(50)46-24-22-45(23-25-46)29(3)4)21-20-42(10)31(37(30)44)12-13-33-41(9)17-16-34(40(7,8)32(41)15-18-43(33,42)11)51-36(49)27-39(5,6)26-35(47)48/h29-34,37H,1,12-27H2,2-11H3,(H,47,48)/t30-,31+,32-,33+,34-,37+,41-,42+,43+,44-/m0/s1. The Bertz CT molecular complexity index is 1400. The molecule has 1 N–H and O–H groups in total. The number of piperazine rings is 1. The smallest absolute Gasteiger partial charge is 0.306 e. The van der Waals surface area contributed by atoms with Gasteiger partial charge in [-0.15, -0.1) is 0 Å². The highest BCUT2D eigenvalue weighted by atomic mass is 16.5. The van der Waals surface area contributed by atoms with Gasteiger partial charge in [0.15, 0.2) is 0 Å². The number of aliphatic carboxylic acids is 1. The van der Waals surface area contributed by atoms with E-state index in [0.29, 0.717) is 41.5 Å². The van der Waals surface area contributed by atoms with Crippen LogP contribution >= 0.6 is 0 Å². The van der Waals surface area contributed by atoms with E-state index < -0.39 is 11.4 Å². The van der Waals surface area contributed by atoms with E-state index in [1.807, 2.05) is 13.8 Å². The predicted molar refractivity (Wildman–Crippen MR) is 203 cm³/mol. The zero-order valence-corrected chi connectivity index (χ0v) is 34.0. The first kappa shape index (κ1) is 38.8. The minimum Gasteiger partial charge on any atom is -0.481 e. The van der Waals surface area contributed by atoms with Crippen molar-refractivity contribution in [1.82, 2.24) is 9.80 Å². The number of carbonyl (C=O) groups is 3. The molecule has 0 unspecified atom stereocenters. The summed E-state index contributed by atoms with van der Waals surface area (Å²) in [7, 11) is 0. The van der Waals surface area contributed by atoms with Crippen molar-refractivity contribution in [2.75, 3.05) is 26.2 Å². The molecule has 5 saturated carbocycles. The minimum absolute atomic E-state index is 0.0462. The van der Waals surface area contributed by atoms with Crippen molar-refractivity contribution in [2.24, 2.45) is 62.1 Å². The van der Waals surface area contributed by atoms with E-state index in [0.717, 1.165) is 71.1 Å². The first-order valence-corrected chi connectivity index (χ1v) is 20.7. The molecule has 0 bridgehead atoms. The van der Waals surface area contributed by atoms with Gasteiger partial charge >= 0.3 is 11.9 Å². The molecule has 51 heavy (non-hydrogen) atoms. The molecule has 10 atom stereocenters. The molecule has 1 saturated heterocycles. The molecular formula is C44H72N2O5. The zero-order valence-electron chi connectivity index (χ0n) is 34.0. The van der Waals surface area contributed by atoms with Crippen LogP contribution in [0.25, 0.3) is 0 Å². The Labute approximate surface area is 310 Å². The van der Waals surface area contributed by atoms with Crippen molar-refractivity contribution < 1.29 is 24.2 Å². The summed E-state index contributed by atoms with van der Waals surface area (Å²) in [5.41, 5.74) is 0.735. The molecule has 6 aliphatic rings. The third-order valence-corrected chi connectivity index (χ3v) is 17.3.